The third-order valence-corrected chi connectivity index (χ3v) is 24.2. The molecule has 0 radical (unpaired) electrons. The highest BCUT2D eigenvalue weighted by atomic mass is 32.2. The number of nitrogens with two attached hydrogens (primary N) is 4. The molecule has 3 aliphatic rings. The highest BCUT2D eigenvalue weighted by Gasteiger charge is 2.47. The van der Waals surface area contributed by atoms with Crippen LogP contribution in [0.1, 0.15) is 128 Å². The van der Waals surface area contributed by atoms with E-state index < -0.39 is 249 Å². The van der Waals surface area contributed by atoms with Crippen LogP contribution in [-0.2, 0) is 107 Å². The number of aliphatic carboxylic acids is 1. The second-order valence-electron chi connectivity index (χ2n) is 33.1. The first-order valence-corrected chi connectivity index (χ1v) is 44.1. The number of rotatable bonds is 23. The average molecular weight is 1800 g/mol. The van der Waals surface area contributed by atoms with Crippen molar-refractivity contribution in [3.63, 3.8) is 0 Å². The zero-order chi connectivity index (χ0) is 94.1. The number of aliphatic hydroxyl groups excluding tert-OH is 2. The molecule has 3 saturated heterocycles. The van der Waals surface area contributed by atoms with Gasteiger partial charge in [-0.05, 0) is 85.9 Å². The van der Waals surface area contributed by atoms with E-state index >= 15 is 28.8 Å². The number of phenolic OH excluding ortho intramolecular Hbond substituents is 1. The van der Waals surface area contributed by atoms with Crippen LogP contribution in [0, 0.1) is 5.92 Å². The number of nitrogens with zero attached hydrogens (tertiary/aromatic N) is 6. The maximum absolute atomic E-state index is 15.8. The monoisotopic (exact) mass is 1800 g/mol. The van der Waals surface area contributed by atoms with Gasteiger partial charge in [0.1, 0.15) is 96.9 Å². The van der Waals surface area contributed by atoms with Gasteiger partial charge in [0.2, 0.25) is 94.5 Å². The van der Waals surface area contributed by atoms with Crippen molar-refractivity contribution >= 4 is 134 Å². The molecule has 41 nitrogen and oxygen atoms in total. The van der Waals surface area contributed by atoms with E-state index in [4.69, 9.17) is 22.9 Å². The number of para-hydroxylation sites is 2. The molecule has 3 fully saturated rings. The third kappa shape index (κ3) is 26.9. The number of hydrogen-bond acceptors (Lipinski definition) is 23. The number of H-pyrrole nitrogens is 1. The normalized spacial score (nSPS) is 25.6. The maximum atomic E-state index is 15.8. The number of carboxylic acid groups (broad SMARTS) is 1. The highest BCUT2D eigenvalue weighted by Crippen LogP contribution is 2.29. The van der Waals surface area contributed by atoms with E-state index in [1.807, 2.05) is 13.8 Å². The van der Waals surface area contributed by atoms with E-state index in [2.05, 4.69) is 52.8 Å². The van der Waals surface area contributed by atoms with E-state index in [-0.39, 0.29) is 68.9 Å². The summed E-state index contributed by atoms with van der Waals surface area (Å²) in [5.41, 5.74) is 26.0. The van der Waals surface area contributed by atoms with Crippen molar-refractivity contribution in [2.45, 2.75) is 228 Å². The van der Waals surface area contributed by atoms with Crippen molar-refractivity contribution in [1.29, 1.82) is 0 Å². The van der Waals surface area contributed by atoms with Gasteiger partial charge in [-0.3, -0.25) is 81.5 Å². The quantitative estimate of drug-likeness (QED) is 0.0283. The molecule has 0 unspecified atom stereocenters. The molecule has 0 saturated carbocycles. The predicted octanol–water partition coefficient (Wildman–Crippen LogP) is -3.41. The number of primary amides is 2. The van der Waals surface area contributed by atoms with Gasteiger partial charge >= 0.3 is 5.97 Å². The Kier molecular flexibility index (Phi) is 37.5. The van der Waals surface area contributed by atoms with Crippen LogP contribution in [0.5, 0.6) is 5.75 Å². The lowest BCUT2D eigenvalue weighted by Gasteiger charge is -2.36. The molecule has 3 aliphatic heterocycles. The first-order chi connectivity index (χ1) is 60.8. The Morgan fingerprint density at radius 2 is 1.10 bits per heavy atom. The number of aromatic amines is 1. The molecule has 2 aromatic heterocycles. The lowest BCUT2D eigenvalue weighted by molar-refractivity contribution is -0.149. The number of carboxylic acids is 1. The van der Waals surface area contributed by atoms with Gasteiger partial charge in [-0.25, -0.2) is 0 Å². The number of nitrogens with one attached hydrogen (secondary N) is 10. The molecule has 0 spiro atoms. The Morgan fingerprint density at radius 1 is 0.555 bits per heavy atom. The lowest BCUT2D eigenvalue weighted by Crippen LogP contribution is -2.62. The summed E-state index contributed by atoms with van der Waals surface area (Å²) in [6.07, 6.45) is 1.83. The highest BCUT2D eigenvalue weighted by molar-refractivity contribution is 8.00. The van der Waals surface area contributed by atoms with Crippen molar-refractivity contribution in [1.82, 2.24) is 81.9 Å². The Morgan fingerprint density at radius 3 is 1.74 bits per heavy atom. The van der Waals surface area contributed by atoms with E-state index in [1.165, 1.54) is 63.1 Å². The second kappa shape index (κ2) is 47.5. The number of thioether (sulfide) groups is 1. The number of amides is 16. The predicted molar refractivity (Wildman–Crippen MR) is 469 cm³/mol. The van der Waals surface area contributed by atoms with Crippen LogP contribution in [0.3, 0.4) is 0 Å². The van der Waals surface area contributed by atoms with Crippen LogP contribution < -0.4 is 70.8 Å². The third-order valence-electron chi connectivity index (χ3n) is 23.2. The summed E-state index contributed by atoms with van der Waals surface area (Å²) in [6, 6.07) is -2.88. The minimum atomic E-state index is -1.95. The topological polar surface area (TPSA) is 620 Å². The van der Waals surface area contributed by atoms with Gasteiger partial charge in [-0.15, -0.1) is 11.8 Å². The van der Waals surface area contributed by atoms with Crippen molar-refractivity contribution in [2.75, 3.05) is 65.4 Å². The number of aliphatic hydroxyl groups is 2. The Hall–Kier alpha value is -12.3. The first-order valence-electron chi connectivity index (χ1n) is 42.9. The molecule has 0 aliphatic carbocycles. The van der Waals surface area contributed by atoms with Crippen molar-refractivity contribution in [3.8, 4) is 5.75 Å². The van der Waals surface area contributed by atoms with Gasteiger partial charge in [0.15, 0.2) is 0 Å². The number of carbonyl (C=O) groups is 17. The van der Waals surface area contributed by atoms with Gasteiger partial charge in [-0.1, -0.05) is 108 Å². The average Bonchev–Trinajstić information content (AvgIpc) is 1.65. The zero-order valence-electron chi connectivity index (χ0n) is 73.2. The second-order valence-corrected chi connectivity index (χ2v) is 34.1. The molecule has 8 rings (SSSR count). The molecule has 698 valence electrons. The summed E-state index contributed by atoms with van der Waals surface area (Å²) < 4.78 is 1.41. The van der Waals surface area contributed by atoms with Crippen LogP contribution in [0.25, 0.3) is 21.8 Å². The molecule has 5 aromatic rings. The SMILES string of the molecule is CCCCC[C@H]1C(=O)N(C)[C@@H](CCCC)C(=O)N[C@@H](CN)C(=O)N[C@H](C(N)=O)CSCC(=O)N[C@@H](Cc2ccc(O)cc2)C(=O)N(C)[C@@H](C)C(=O)N[C@@H](CC(N)=O)C(=O)N2CCC[C@H]2C(=O)N[C@@H](CN)C(=O)N[C@@H](CC(C)C)C(=O)N2C[C@H](O)C[C@H]2C(=O)N[C@@H](Cc2c[nH]c3ccccc23)C(=O)N[C@@H](CO)C(=O)N[C@@H](Cc2cn(CC(=O)O)c3ccccc23)C(=O)N1C. The maximum Gasteiger partial charge on any atom is 0.323 e. The molecule has 0 bridgehead atoms. The van der Waals surface area contributed by atoms with Crippen molar-refractivity contribution in [3.05, 3.63) is 102 Å². The number of benzene rings is 3. The molecule has 5 heterocycles. The lowest BCUT2D eigenvalue weighted by atomic mass is 9.99. The minimum absolute atomic E-state index is 0.0137. The van der Waals surface area contributed by atoms with E-state index in [9.17, 15) is 73.2 Å². The Labute approximate surface area is 744 Å². The van der Waals surface area contributed by atoms with Gasteiger partial charge in [0.05, 0.1) is 24.9 Å². The number of aromatic nitrogens is 2. The fourth-order valence-electron chi connectivity index (χ4n) is 16.0. The standard InChI is InChI=1S/C86H122N20O21S/c1-9-11-13-24-68-86(127)102(7)66(22-12-10-2)79(120)97-62(38-88)77(118)100-64(73(90)114)44-128-45-71(111)92-58(32-48-26-28-51(108)29-27-48)82(123)101(6)47(5)74(115)94-60(36-70(89)110)84(125)105-30-18-25-67(105)80(121)98-61(37-87)76(117)95-57(31-46(3)4)85(126)106-41-52(109)35-69(106)81(122)93-56(33-49-39-91-55-21-16-14-19-53(49)55)75(116)99-63(43-107)78(119)96-59(83(124)103(68)8)34-50-40-104(42-72(112)113)65-23-17-15-20-54(50)65/h14-17,19-21,23,26-29,39-40,46-47,52,56-64,66-69,91,107-109H,9-13,18,22,24-25,30-38,41-45,87-88H2,1-8H3,(H2,89,110)(H2,90,114)(H,92,111)(H,93,122)(H,94,115)(H,95,117)(H,96,119)(H,97,120)(H,98,121)(H,99,116)(H,100,118)(H,112,113)/t47-,52+,56-,57-,58-,59-,60-,61-,62-,63-,64-,66-,67-,68-,69-/m0/s1. The summed E-state index contributed by atoms with van der Waals surface area (Å²) in [5, 5.41) is 67.1. The molecule has 16 amide bonds. The Balaban J connectivity index is 1.17. The van der Waals surface area contributed by atoms with Gasteiger partial charge in [0, 0.05) is 113 Å². The molecular formula is C86H122N20O21S. The summed E-state index contributed by atoms with van der Waals surface area (Å²) in [7, 11) is 3.85. The van der Waals surface area contributed by atoms with Gasteiger partial charge in [0.25, 0.3) is 0 Å². The van der Waals surface area contributed by atoms with Crippen molar-refractivity contribution < 1.29 is 102 Å². The van der Waals surface area contributed by atoms with Crippen molar-refractivity contribution in [2.24, 2.45) is 28.9 Å². The molecule has 22 N–H and O–H groups in total. The fourth-order valence-corrected chi connectivity index (χ4v) is 16.9. The summed E-state index contributed by atoms with van der Waals surface area (Å²) in [6.45, 7) is 4.99. The number of hydrogen-bond donors (Lipinski definition) is 18. The summed E-state index contributed by atoms with van der Waals surface area (Å²) in [4.78, 5) is 254. The van der Waals surface area contributed by atoms with Crippen LogP contribution in [-0.4, -0.2) is 311 Å². The number of fused-ring (bicyclic) bond motifs is 4. The number of unbranched alkanes of at least 4 members (excludes halogenated alkanes) is 3. The molecule has 3 aromatic carbocycles. The fraction of sp³-hybridized carbons (Fsp3) is 0.547. The summed E-state index contributed by atoms with van der Waals surface area (Å²) in [5.74, 6) is -18.1. The van der Waals surface area contributed by atoms with Crippen LogP contribution in [0.4, 0.5) is 0 Å². The number of phenols is 1. The van der Waals surface area contributed by atoms with Gasteiger partial charge < -0.3 is 125 Å². The number of likely N-dealkylation sites (N-methyl/N-ethyl adjacent to an activating group) is 3. The number of aromatic hydroxyl groups is 1. The first kappa shape index (κ1) is 101. The van der Waals surface area contributed by atoms with Crippen LogP contribution in [0.2, 0.25) is 0 Å². The van der Waals surface area contributed by atoms with E-state index in [0.717, 1.165) is 36.3 Å². The van der Waals surface area contributed by atoms with E-state index in [1.54, 1.807) is 68.6 Å². The molecule has 15 atom stereocenters. The molecular weight excluding hydrogens is 1680 g/mol. The van der Waals surface area contributed by atoms with Crippen LogP contribution in [0.15, 0.2) is 85.2 Å². The van der Waals surface area contributed by atoms with E-state index in [0.29, 0.717) is 70.6 Å². The van der Waals surface area contributed by atoms with Gasteiger partial charge in [-0.2, -0.15) is 0 Å². The Bertz CT molecular complexity index is 4830. The summed E-state index contributed by atoms with van der Waals surface area (Å²) >= 11 is 0.784. The zero-order valence-corrected chi connectivity index (χ0v) is 74.0. The molecule has 128 heavy (non-hydrogen) atoms. The minimum Gasteiger partial charge on any atom is -0.508 e. The largest absolute Gasteiger partial charge is 0.508 e. The van der Waals surface area contributed by atoms with Crippen LogP contribution >= 0.6 is 11.8 Å². The molecule has 42 heteroatoms. The smallest absolute Gasteiger partial charge is 0.323 e. The number of carbonyl (C=O) groups excluding carboxylic acids is 16.